The van der Waals surface area contributed by atoms with Crippen LogP contribution in [0.1, 0.15) is 0 Å². The molecular weight excluding hydrogens is 156 g/mol. The van der Waals surface area contributed by atoms with Gasteiger partial charge in [0.25, 0.3) is 0 Å². The zero-order valence-corrected chi connectivity index (χ0v) is 7.75. The molecule has 0 atom stereocenters. The second-order valence-corrected chi connectivity index (χ2v) is 4.03. The van der Waals surface area contributed by atoms with E-state index >= 15 is 0 Å². The van der Waals surface area contributed by atoms with Crippen molar-refractivity contribution in [1.82, 2.24) is 4.90 Å². The van der Waals surface area contributed by atoms with E-state index in [1.807, 2.05) is 4.90 Å². The van der Waals surface area contributed by atoms with Crippen LogP contribution in [-0.2, 0) is 4.79 Å². The minimum atomic E-state index is -0.970. The van der Waals surface area contributed by atoms with Crippen LogP contribution in [0.3, 0.4) is 0 Å². The van der Waals surface area contributed by atoms with Gasteiger partial charge in [0.2, 0.25) is 0 Å². The molecule has 1 aliphatic heterocycles. The van der Waals surface area contributed by atoms with Gasteiger partial charge in [-0.05, 0) is 0 Å². The van der Waals surface area contributed by atoms with Gasteiger partial charge in [0, 0.05) is 19.6 Å². The average Bonchev–Trinajstić information content (AvgIpc) is 1.93. The predicted molar refractivity (Wildman–Crippen MR) is 43.3 cm³/mol. The largest absolute Gasteiger partial charge is 0.549 e. The van der Waals surface area contributed by atoms with Crippen LogP contribution in [-0.4, -0.2) is 62.2 Å². The van der Waals surface area contributed by atoms with E-state index in [4.69, 9.17) is 0 Å². The second-order valence-electron chi connectivity index (χ2n) is 4.03. The Morgan fingerprint density at radius 1 is 1.42 bits per heavy atom. The average molecular weight is 172 g/mol. The molecular formula is C8H16N2O2. The topological polar surface area (TPSA) is 43.4 Å². The molecule has 4 heteroatoms. The molecule has 0 spiro atoms. The molecule has 0 unspecified atom stereocenters. The van der Waals surface area contributed by atoms with Gasteiger partial charge in [0.1, 0.15) is 0 Å². The first-order valence-electron chi connectivity index (χ1n) is 4.24. The van der Waals surface area contributed by atoms with E-state index in [0.29, 0.717) is 0 Å². The van der Waals surface area contributed by atoms with Gasteiger partial charge in [0.05, 0.1) is 33.2 Å². The van der Waals surface area contributed by atoms with Crippen LogP contribution in [0.15, 0.2) is 0 Å². The first-order valence-corrected chi connectivity index (χ1v) is 4.24. The number of rotatable bonds is 2. The molecule has 0 bridgehead atoms. The number of hydrogen-bond acceptors (Lipinski definition) is 3. The molecule has 0 radical (unpaired) electrons. The van der Waals surface area contributed by atoms with Gasteiger partial charge in [0.15, 0.2) is 0 Å². The van der Waals surface area contributed by atoms with Crippen molar-refractivity contribution in [3.63, 3.8) is 0 Å². The molecule has 1 fully saturated rings. The van der Waals surface area contributed by atoms with Crippen LogP contribution in [0.4, 0.5) is 0 Å². The number of carbonyl (C=O) groups is 1. The fraction of sp³-hybridized carbons (Fsp3) is 0.875. The van der Waals surface area contributed by atoms with Gasteiger partial charge in [-0.2, -0.15) is 0 Å². The van der Waals surface area contributed by atoms with Crippen LogP contribution < -0.4 is 5.11 Å². The lowest BCUT2D eigenvalue weighted by atomic mass is 10.3. The molecule has 1 aliphatic rings. The summed E-state index contributed by atoms with van der Waals surface area (Å²) in [5.41, 5.74) is 0. The number of likely N-dealkylation sites (N-methyl/N-ethyl adjacent to an activating group) is 1. The van der Waals surface area contributed by atoms with Crippen molar-refractivity contribution >= 4 is 5.97 Å². The minimum Gasteiger partial charge on any atom is -0.549 e. The molecule has 0 saturated carbocycles. The first kappa shape index (κ1) is 9.48. The molecule has 0 aromatic rings. The summed E-state index contributed by atoms with van der Waals surface area (Å²) in [6.45, 7) is 3.85. The summed E-state index contributed by atoms with van der Waals surface area (Å²) >= 11 is 0. The fourth-order valence-electron chi connectivity index (χ4n) is 1.39. The van der Waals surface area contributed by atoms with Gasteiger partial charge in [-0.15, -0.1) is 0 Å². The van der Waals surface area contributed by atoms with E-state index in [2.05, 4.69) is 14.1 Å². The van der Waals surface area contributed by atoms with Gasteiger partial charge >= 0.3 is 0 Å². The zero-order valence-electron chi connectivity index (χ0n) is 7.75. The van der Waals surface area contributed by atoms with Crippen molar-refractivity contribution in [2.45, 2.75) is 0 Å². The Labute approximate surface area is 73.0 Å². The summed E-state index contributed by atoms with van der Waals surface area (Å²) in [7, 11) is 4.33. The Bertz CT molecular complexity index is 170. The maximum atomic E-state index is 10.3. The van der Waals surface area contributed by atoms with Gasteiger partial charge in [-0.3, -0.25) is 4.90 Å². The number of carboxylic acids is 1. The third-order valence-corrected chi connectivity index (χ3v) is 2.40. The summed E-state index contributed by atoms with van der Waals surface area (Å²) in [6, 6.07) is 0. The third-order valence-electron chi connectivity index (χ3n) is 2.40. The second kappa shape index (κ2) is 3.41. The Balaban J connectivity index is 2.31. The summed E-state index contributed by atoms with van der Waals surface area (Å²) in [6.07, 6.45) is 0. The molecule has 70 valence electrons. The maximum absolute atomic E-state index is 10.3. The Morgan fingerprint density at radius 3 is 2.33 bits per heavy atom. The highest BCUT2D eigenvalue weighted by Gasteiger charge is 2.23. The highest BCUT2D eigenvalue weighted by atomic mass is 16.4. The zero-order chi connectivity index (χ0) is 9.19. The Hall–Kier alpha value is -0.610. The number of carboxylic acid groups (broad SMARTS) is 1. The predicted octanol–water partition coefficient (Wildman–Crippen LogP) is -1.87. The van der Waals surface area contributed by atoms with Gasteiger partial charge in [-0.1, -0.05) is 0 Å². The number of aliphatic carboxylic acids is 1. The van der Waals surface area contributed by atoms with E-state index in [-0.39, 0.29) is 6.54 Å². The van der Waals surface area contributed by atoms with E-state index in [9.17, 15) is 9.90 Å². The normalized spacial score (nSPS) is 23.8. The Morgan fingerprint density at radius 2 is 1.92 bits per heavy atom. The van der Waals surface area contributed by atoms with Crippen molar-refractivity contribution < 1.29 is 14.4 Å². The standard InChI is InChI=1S/C8H16N2O2/c1-10(2)5-3-9(4-6-10)7-8(11)12/h3-7H2,1-2H3. The third kappa shape index (κ3) is 2.79. The van der Waals surface area contributed by atoms with E-state index in [0.717, 1.165) is 30.7 Å². The Kier molecular flexibility index (Phi) is 2.69. The van der Waals surface area contributed by atoms with Gasteiger partial charge < -0.3 is 14.4 Å². The number of piperazine rings is 1. The molecule has 0 aromatic carbocycles. The molecule has 4 nitrogen and oxygen atoms in total. The first-order chi connectivity index (χ1) is 5.49. The lowest BCUT2D eigenvalue weighted by molar-refractivity contribution is -0.894. The summed E-state index contributed by atoms with van der Waals surface area (Å²) in [4.78, 5) is 12.2. The summed E-state index contributed by atoms with van der Waals surface area (Å²) in [5, 5.41) is 10.3. The number of carbonyl (C=O) groups excluding carboxylic acids is 1. The fourth-order valence-corrected chi connectivity index (χ4v) is 1.39. The molecule has 12 heavy (non-hydrogen) atoms. The number of hydrogen-bond donors (Lipinski definition) is 0. The lowest BCUT2D eigenvalue weighted by Crippen LogP contribution is -2.56. The molecule has 0 aliphatic carbocycles. The van der Waals surface area contributed by atoms with Crippen LogP contribution in [0.5, 0.6) is 0 Å². The smallest absolute Gasteiger partial charge is 0.0912 e. The van der Waals surface area contributed by atoms with Crippen molar-refractivity contribution in [1.29, 1.82) is 0 Å². The van der Waals surface area contributed by atoms with Crippen LogP contribution >= 0.6 is 0 Å². The molecule has 0 aromatic heterocycles. The number of quaternary nitrogens is 1. The van der Waals surface area contributed by atoms with Crippen molar-refractivity contribution in [2.75, 3.05) is 46.8 Å². The lowest BCUT2D eigenvalue weighted by Gasteiger charge is -2.39. The van der Waals surface area contributed by atoms with Crippen molar-refractivity contribution in [2.24, 2.45) is 0 Å². The highest BCUT2D eigenvalue weighted by Crippen LogP contribution is 2.05. The molecule has 1 saturated heterocycles. The molecule has 1 rings (SSSR count). The summed E-state index contributed by atoms with van der Waals surface area (Å²) in [5.74, 6) is -0.970. The summed E-state index contributed by atoms with van der Waals surface area (Å²) < 4.78 is 0.990. The maximum Gasteiger partial charge on any atom is 0.0912 e. The minimum absolute atomic E-state index is 0.0833. The molecule has 0 amide bonds. The van der Waals surface area contributed by atoms with Crippen LogP contribution in [0, 0.1) is 0 Å². The molecule has 1 heterocycles. The van der Waals surface area contributed by atoms with Crippen molar-refractivity contribution in [3.05, 3.63) is 0 Å². The highest BCUT2D eigenvalue weighted by molar-refractivity contribution is 5.66. The monoisotopic (exact) mass is 172 g/mol. The molecule has 0 N–H and O–H groups in total. The number of nitrogens with zero attached hydrogens (tertiary/aromatic N) is 2. The quantitative estimate of drug-likeness (QED) is 0.458. The van der Waals surface area contributed by atoms with Crippen LogP contribution in [0.2, 0.25) is 0 Å². The van der Waals surface area contributed by atoms with E-state index in [1.165, 1.54) is 0 Å². The van der Waals surface area contributed by atoms with Crippen LogP contribution in [0.25, 0.3) is 0 Å². The van der Waals surface area contributed by atoms with Crippen molar-refractivity contribution in [3.8, 4) is 0 Å². The SMILES string of the molecule is C[N+]1(C)CCN(CC(=O)[O-])CC1. The van der Waals surface area contributed by atoms with E-state index in [1.54, 1.807) is 0 Å². The van der Waals surface area contributed by atoms with E-state index < -0.39 is 5.97 Å². The van der Waals surface area contributed by atoms with Gasteiger partial charge in [-0.25, -0.2) is 0 Å².